The van der Waals surface area contributed by atoms with Crippen LogP contribution in [-0.4, -0.2) is 70.1 Å². The number of nitrogens with zero attached hydrogens (tertiary/aromatic N) is 4. The summed E-state index contributed by atoms with van der Waals surface area (Å²) in [5.41, 5.74) is 0.208. The van der Waals surface area contributed by atoms with Gasteiger partial charge < -0.3 is 14.7 Å². The highest BCUT2D eigenvalue weighted by Gasteiger charge is 2.49. The minimum Gasteiger partial charge on any atom is -0.508 e. The summed E-state index contributed by atoms with van der Waals surface area (Å²) in [6.07, 6.45) is 5.81. The van der Waals surface area contributed by atoms with Gasteiger partial charge in [-0.05, 0) is 86.9 Å². The van der Waals surface area contributed by atoms with Gasteiger partial charge in [-0.1, -0.05) is 11.6 Å². The minimum absolute atomic E-state index is 0.0451. The van der Waals surface area contributed by atoms with Gasteiger partial charge in [-0.25, -0.2) is 8.78 Å². The Morgan fingerprint density at radius 3 is 2.42 bits per heavy atom. The number of carbonyl (C=O) groups excluding carboxylic acids is 2. The predicted octanol–water partition coefficient (Wildman–Crippen LogP) is 4.53. The van der Waals surface area contributed by atoms with E-state index >= 15 is 8.78 Å². The van der Waals surface area contributed by atoms with Crippen LogP contribution >= 0.6 is 11.6 Å². The lowest BCUT2D eigenvalue weighted by Crippen LogP contribution is -2.43. The van der Waals surface area contributed by atoms with Gasteiger partial charge in [0.1, 0.15) is 29.5 Å². The fourth-order valence-electron chi connectivity index (χ4n) is 7.78. The third kappa shape index (κ3) is 4.26. The van der Waals surface area contributed by atoms with Gasteiger partial charge in [0.05, 0.1) is 22.9 Å². The van der Waals surface area contributed by atoms with Gasteiger partial charge in [0.25, 0.3) is 0 Å². The number of fused-ring (bicyclic) bond motifs is 3. The van der Waals surface area contributed by atoms with Crippen molar-refractivity contribution in [3.8, 4) is 22.9 Å². The molecule has 5 aliphatic rings. The molecule has 8 rings (SSSR count). The fourth-order valence-corrected chi connectivity index (χ4v) is 8.15. The van der Waals surface area contributed by atoms with Gasteiger partial charge in [0.2, 0.25) is 11.8 Å². The monoisotopic (exact) mass is 609 g/mol. The molecule has 4 aliphatic heterocycles. The van der Waals surface area contributed by atoms with E-state index in [9.17, 15) is 14.7 Å². The van der Waals surface area contributed by atoms with Crippen molar-refractivity contribution in [2.24, 2.45) is 11.8 Å². The lowest BCUT2D eigenvalue weighted by Gasteiger charge is -2.31. The molecule has 2 N–H and O–H groups in total. The van der Waals surface area contributed by atoms with Gasteiger partial charge in [0.15, 0.2) is 5.82 Å². The minimum atomic E-state index is -0.915. The number of aromatic nitrogens is 2. The maximum absolute atomic E-state index is 16.6. The Balaban J connectivity index is 1.27. The number of hydrogen-bond acceptors (Lipinski definition) is 8. The quantitative estimate of drug-likeness (QED) is 0.393. The van der Waals surface area contributed by atoms with Crippen molar-refractivity contribution in [1.82, 2.24) is 20.2 Å². The zero-order valence-corrected chi connectivity index (χ0v) is 24.1. The third-order valence-electron chi connectivity index (χ3n) is 10.0. The zero-order chi connectivity index (χ0) is 29.6. The van der Waals surface area contributed by atoms with Gasteiger partial charge in [-0.3, -0.25) is 19.8 Å². The molecule has 1 aromatic heterocycles. The van der Waals surface area contributed by atoms with Crippen LogP contribution in [0.3, 0.4) is 0 Å². The Morgan fingerprint density at radius 2 is 1.74 bits per heavy atom. The number of carbonyl (C=O) groups is 2. The summed E-state index contributed by atoms with van der Waals surface area (Å²) >= 11 is 6.47. The van der Waals surface area contributed by atoms with Crippen LogP contribution in [-0.2, 0) is 9.59 Å². The molecule has 3 aromatic rings. The van der Waals surface area contributed by atoms with E-state index in [4.69, 9.17) is 16.3 Å². The van der Waals surface area contributed by atoms with Crippen molar-refractivity contribution in [2.75, 3.05) is 37.7 Å². The number of hydrogen-bond donors (Lipinski definition) is 2. The smallest absolute Gasteiger partial charge is 0.319 e. The Kier molecular flexibility index (Phi) is 6.11. The number of nitrogens with one attached hydrogen (secondary N) is 1. The van der Waals surface area contributed by atoms with Crippen molar-refractivity contribution in [3.63, 3.8) is 0 Å². The number of halogens is 3. The van der Waals surface area contributed by atoms with Gasteiger partial charge in [-0.15, -0.1) is 0 Å². The largest absolute Gasteiger partial charge is 0.508 e. The van der Waals surface area contributed by atoms with E-state index in [-0.39, 0.29) is 81.0 Å². The number of aromatic hydroxyl groups is 1. The van der Waals surface area contributed by atoms with E-state index < -0.39 is 23.5 Å². The van der Waals surface area contributed by atoms with Crippen LogP contribution in [0.4, 0.5) is 14.6 Å². The summed E-state index contributed by atoms with van der Waals surface area (Å²) in [5, 5.41) is 13.1. The maximum Gasteiger partial charge on any atom is 0.319 e. The Bertz CT molecular complexity index is 1680. The second-order valence-electron chi connectivity index (χ2n) is 12.6. The molecule has 224 valence electrons. The van der Waals surface area contributed by atoms with Crippen LogP contribution in [0, 0.1) is 23.5 Å². The average Bonchev–Trinajstić information content (AvgIpc) is 3.26. The first-order valence-corrected chi connectivity index (χ1v) is 15.3. The van der Waals surface area contributed by atoms with Crippen molar-refractivity contribution in [1.29, 1.82) is 0 Å². The first-order chi connectivity index (χ1) is 20.7. The molecule has 5 fully saturated rings. The van der Waals surface area contributed by atoms with Crippen molar-refractivity contribution in [3.05, 3.63) is 40.4 Å². The number of benzene rings is 2. The second-order valence-corrected chi connectivity index (χ2v) is 13.0. The first-order valence-electron chi connectivity index (χ1n) is 14.9. The van der Waals surface area contributed by atoms with E-state index in [1.165, 1.54) is 18.2 Å². The Morgan fingerprint density at radius 1 is 1.05 bits per heavy atom. The van der Waals surface area contributed by atoms with E-state index in [0.29, 0.717) is 12.2 Å². The van der Waals surface area contributed by atoms with E-state index in [1.54, 1.807) is 4.90 Å². The molecule has 12 heteroatoms. The first kappa shape index (κ1) is 27.0. The predicted molar refractivity (Wildman–Crippen MR) is 154 cm³/mol. The van der Waals surface area contributed by atoms with E-state index in [2.05, 4.69) is 20.2 Å². The number of ether oxygens (including phenoxy) is 1. The number of amides is 2. The van der Waals surface area contributed by atoms with E-state index in [1.807, 2.05) is 0 Å². The summed E-state index contributed by atoms with van der Waals surface area (Å²) in [6, 6.07) is 3.87. The molecule has 2 atom stereocenters. The number of rotatable bonds is 6. The number of phenols is 1. The topological polar surface area (TPSA) is 108 Å². The SMILES string of the molecule is O=C1NC(=O)C2CN(c3nc(OCC45CCCN4CCC5)nc4c(F)c(-c5cc(O)cc(Cl)c5C5CC5)c(F)cc34)CC12. The summed E-state index contributed by atoms with van der Waals surface area (Å²) in [7, 11) is 0. The lowest BCUT2D eigenvalue weighted by molar-refractivity contribution is -0.126. The average molecular weight is 610 g/mol. The molecular weight excluding hydrogens is 580 g/mol. The molecule has 5 heterocycles. The molecule has 2 amide bonds. The normalized spacial score (nSPS) is 24.6. The Hall–Kier alpha value is -3.57. The van der Waals surface area contributed by atoms with Crippen LogP contribution < -0.4 is 15.0 Å². The molecule has 1 aliphatic carbocycles. The second kappa shape index (κ2) is 9.72. The number of imide groups is 1. The molecule has 2 unspecified atom stereocenters. The Labute approximate surface area is 251 Å². The molecule has 0 radical (unpaired) electrons. The molecule has 0 spiro atoms. The van der Waals surface area contributed by atoms with Crippen LogP contribution in [0.5, 0.6) is 11.8 Å². The molecule has 2 aromatic carbocycles. The molecular formula is C31H30ClF2N5O4. The summed E-state index contributed by atoms with van der Waals surface area (Å²) < 4.78 is 38.9. The van der Waals surface area contributed by atoms with Crippen molar-refractivity contribution < 1.29 is 28.2 Å². The van der Waals surface area contributed by atoms with Crippen LogP contribution in [0.1, 0.15) is 50.0 Å². The van der Waals surface area contributed by atoms with Gasteiger partial charge >= 0.3 is 6.01 Å². The van der Waals surface area contributed by atoms with Crippen LogP contribution in [0.25, 0.3) is 22.0 Å². The lowest BCUT2D eigenvalue weighted by atomic mass is 9.94. The summed E-state index contributed by atoms with van der Waals surface area (Å²) in [4.78, 5) is 38.1. The fraction of sp³-hybridized carbons (Fsp3) is 0.484. The van der Waals surface area contributed by atoms with Crippen LogP contribution in [0.15, 0.2) is 18.2 Å². The molecule has 43 heavy (non-hydrogen) atoms. The van der Waals surface area contributed by atoms with Gasteiger partial charge in [-0.2, -0.15) is 9.97 Å². The van der Waals surface area contributed by atoms with E-state index in [0.717, 1.165) is 51.6 Å². The molecule has 4 saturated heterocycles. The summed E-state index contributed by atoms with van der Waals surface area (Å²) in [5.74, 6) is -3.57. The number of anilines is 1. The highest BCUT2D eigenvalue weighted by atomic mass is 35.5. The zero-order valence-electron chi connectivity index (χ0n) is 23.3. The van der Waals surface area contributed by atoms with Crippen molar-refractivity contribution in [2.45, 2.75) is 50.0 Å². The maximum atomic E-state index is 16.6. The summed E-state index contributed by atoms with van der Waals surface area (Å²) in [6.45, 7) is 2.70. The van der Waals surface area contributed by atoms with Crippen molar-refractivity contribution >= 4 is 40.1 Å². The molecule has 9 nitrogen and oxygen atoms in total. The molecule has 0 bridgehead atoms. The highest BCUT2D eigenvalue weighted by molar-refractivity contribution is 6.32. The molecule has 1 saturated carbocycles. The third-order valence-corrected chi connectivity index (χ3v) is 10.3. The van der Waals surface area contributed by atoms with Crippen LogP contribution in [0.2, 0.25) is 5.02 Å². The standard InChI is InChI=1S/C31H30ClF2N5O4/c32-21-10-16(40)9-17(23(21)15-3-4-15)24-22(33)11-18-26(25(24)34)35-30(43-14-31-5-1-7-39(31)8-2-6-31)36-27(18)38-12-19-20(13-38)29(42)37-28(19)41/h9-11,15,19-20,40H,1-8,12-14H2,(H,37,41,42). The highest BCUT2D eigenvalue weighted by Crippen LogP contribution is 2.50. The van der Waals surface area contributed by atoms with Gasteiger partial charge in [0, 0.05) is 23.5 Å². The number of phenolic OH excluding ortho intramolecular Hbond substituents is 1.